The van der Waals surface area contributed by atoms with Crippen LogP contribution in [0.15, 0.2) is 12.1 Å². The van der Waals surface area contributed by atoms with E-state index in [2.05, 4.69) is 5.32 Å². The van der Waals surface area contributed by atoms with Gasteiger partial charge in [0.15, 0.2) is 0 Å². The molecule has 1 unspecified atom stereocenters. The molecule has 1 aromatic carbocycles. The molecule has 134 valence electrons. The Balaban J connectivity index is 0.00000208. The summed E-state index contributed by atoms with van der Waals surface area (Å²) in [6, 6.07) is 2.64. The number of rotatable bonds is 2. The molecule has 1 aromatic rings. The number of carbonyl (C=O) groups is 1. The quantitative estimate of drug-likeness (QED) is 0.759. The first-order valence-electron chi connectivity index (χ1n) is 7.35. The molecule has 0 bridgehead atoms. The Morgan fingerprint density at radius 2 is 2.08 bits per heavy atom. The molecular weight excluding hydrogens is 413 g/mol. The van der Waals surface area contributed by atoms with Gasteiger partial charge in [-0.05, 0) is 30.7 Å². The van der Waals surface area contributed by atoms with Crippen LogP contribution in [0.25, 0.3) is 0 Å². The molecule has 2 N–H and O–H groups in total. The summed E-state index contributed by atoms with van der Waals surface area (Å²) in [7, 11) is 0. The summed E-state index contributed by atoms with van der Waals surface area (Å²) in [5, 5.41) is 13.8. The maximum atomic E-state index is 12.8. The van der Waals surface area contributed by atoms with Gasteiger partial charge in [0, 0.05) is 30.1 Å². The molecule has 0 aliphatic carbocycles. The number of hydrogen-bond donors (Lipinski definition) is 2. The molecule has 1 fully saturated rings. The summed E-state index contributed by atoms with van der Waals surface area (Å²) >= 11 is 6.14. The fourth-order valence-corrected chi connectivity index (χ4v) is 3.55. The minimum absolute atomic E-state index is 0. The highest BCUT2D eigenvalue weighted by Crippen LogP contribution is 2.38. The highest BCUT2D eigenvalue weighted by molar-refractivity contribution is 8.93. The molecule has 4 nitrogen and oxygen atoms in total. The van der Waals surface area contributed by atoms with Crippen molar-refractivity contribution in [1.29, 1.82) is 0 Å². The highest BCUT2D eigenvalue weighted by Gasteiger charge is 2.47. The Labute approximate surface area is 152 Å². The van der Waals surface area contributed by atoms with Gasteiger partial charge in [0.2, 0.25) is 5.91 Å². The zero-order valence-electron chi connectivity index (χ0n) is 12.6. The van der Waals surface area contributed by atoms with Crippen molar-refractivity contribution in [2.75, 3.05) is 19.6 Å². The van der Waals surface area contributed by atoms with Gasteiger partial charge in [-0.1, -0.05) is 11.6 Å². The lowest BCUT2D eigenvalue weighted by atomic mass is 9.93. The average Bonchev–Trinajstić information content (AvgIpc) is 2.84. The van der Waals surface area contributed by atoms with Crippen LogP contribution in [0.1, 0.15) is 23.6 Å². The van der Waals surface area contributed by atoms with Crippen LogP contribution < -0.4 is 5.32 Å². The topological polar surface area (TPSA) is 52.6 Å². The monoisotopic (exact) mass is 428 g/mol. The molecular formula is C15H17BrClF3N2O2. The fraction of sp³-hybridized carbons (Fsp3) is 0.533. The molecule has 1 amide bonds. The molecule has 0 spiro atoms. The predicted molar refractivity (Wildman–Crippen MR) is 88.6 cm³/mol. The van der Waals surface area contributed by atoms with Crippen molar-refractivity contribution in [2.24, 2.45) is 5.92 Å². The molecule has 1 saturated heterocycles. The molecule has 3 rings (SSSR count). The third kappa shape index (κ3) is 3.65. The fourth-order valence-electron chi connectivity index (χ4n) is 3.29. The van der Waals surface area contributed by atoms with Crippen molar-refractivity contribution in [3.63, 3.8) is 0 Å². The predicted octanol–water partition coefficient (Wildman–Crippen LogP) is 3.22. The number of benzene rings is 1. The normalized spacial score (nSPS) is 23.8. The van der Waals surface area contributed by atoms with E-state index in [9.17, 15) is 23.1 Å². The zero-order chi connectivity index (χ0) is 16.8. The number of halogens is 5. The van der Waals surface area contributed by atoms with Gasteiger partial charge in [0.05, 0.1) is 12.0 Å². The highest BCUT2D eigenvalue weighted by atomic mass is 79.9. The summed E-state index contributed by atoms with van der Waals surface area (Å²) < 4.78 is 38.4. The lowest BCUT2D eigenvalue weighted by Crippen LogP contribution is -2.40. The molecule has 2 atom stereocenters. The zero-order valence-corrected chi connectivity index (χ0v) is 15.0. The van der Waals surface area contributed by atoms with E-state index in [-0.39, 0.29) is 35.8 Å². The van der Waals surface area contributed by atoms with E-state index in [1.165, 1.54) is 11.0 Å². The number of phenols is 1. The van der Waals surface area contributed by atoms with Gasteiger partial charge < -0.3 is 15.3 Å². The average molecular weight is 430 g/mol. The first-order chi connectivity index (χ1) is 10.8. The Morgan fingerprint density at radius 3 is 2.71 bits per heavy atom. The number of nitrogens with one attached hydrogen (secondary N) is 1. The Kier molecular flexibility index (Phi) is 5.71. The van der Waals surface area contributed by atoms with E-state index >= 15 is 0 Å². The van der Waals surface area contributed by atoms with Crippen molar-refractivity contribution < 1.29 is 23.1 Å². The summed E-state index contributed by atoms with van der Waals surface area (Å²) in [5.41, 5.74) is 1.36. The Bertz CT molecular complexity index is 642. The molecule has 24 heavy (non-hydrogen) atoms. The van der Waals surface area contributed by atoms with Gasteiger partial charge in [-0.15, -0.1) is 17.0 Å². The molecule has 0 aromatic heterocycles. The molecule has 2 aliphatic heterocycles. The first kappa shape index (κ1) is 19.3. The van der Waals surface area contributed by atoms with Crippen molar-refractivity contribution in [3.05, 3.63) is 28.3 Å². The van der Waals surface area contributed by atoms with Gasteiger partial charge in [-0.25, -0.2) is 0 Å². The number of hydrogen-bond acceptors (Lipinski definition) is 3. The Morgan fingerprint density at radius 1 is 1.38 bits per heavy atom. The van der Waals surface area contributed by atoms with Crippen LogP contribution in [0.3, 0.4) is 0 Å². The summed E-state index contributed by atoms with van der Waals surface area (Å²) in [6.45, 7) is 0.342. The van der Waals surface area contributed by atoms with Gasteiger partial charge in [0.1, 0.15) is 5.75 Å². The number of alkyl halides is 3. The lowest BCUT2D eigenvalue weighted by molar-refractivity contribution is -0.171. The summed E-state index contributed by atoms with van der Waals surface area (Å²) in [4.78, 5) is 13.1. The SMILES string of the molecule is Br.O=C1CC(C(F)(F)F)CN1C[C@H]1NCCc2c(Cl)ccc(O)c21. The van der Waals surface area contributed by atoms with Crippen molar-refractivity contribution in [3.8, 4) is 5.75 Å². The third-order valence-corrected chi connectivity index (χ3v) is 4.83. The number of carbonyl (C=O) groups excluding carboxylic acids is 1. The lowest BCUT2D eigenvalue weighted by Gasteiger charge is -2.31. The molecule has 2 heterocycles. The van der Waals surface area contributed by atoms with Gasteiger partial charge >= 0.3 is 6.18 Å². The third-order valence-electron chi connectivity index (χ3n) is 4.47. The van der Waals surface area contributed by atoms with Crippen LogP contribution in [0, 0.1) is 5.92 Å². The van der Waals surface area contributed by atoms with E-state index in [1.807, 2.05) is 0 Å². The van der Waals surface area contributed by atoms with E-state index in [4.69, 9.17) is 11.6 Å². The first-order valence-corrected chi connectivity index (χ1v) is 7.73. The maximum absolute atomic E-state index is 12.8. The molecule has 0 radical (unpaired) electrons. The van der Waals surface area contributed by atoms with E-state index < -0.39 is 30.5 Å². The van der Waals surface area contributed by atoms with E-state index in [0.717, 1.165) is 5.56 Å². The minimum Gasteiger partial charge on any atom is -0.508 e. The van der Waals surface area contributed by atoms with Crippen molar-refractivity contribution in [1.82, 2.24) is 10.2 Å². The summed E-state index contributed by atoms with van der Waals surface area (Å²) in [6.07, 6.45) is -4.25. The van der Waals surface area contributed by atoms with Crippen LogP contribution >= 0.6 is 28.6 Å². The Hall–Kier alpha value is -0.990. The minimum atomic E-state index is -4.37. The van der Waals surface area contributed by atoms with Gasteiger partial charge in [-0.3, -0.25) is 4.79 Å². The van der Waals surface area contributed by atoms with Crippen LogP contribution in [-0.4, -0.2) is 41.7 Å². The van der Waals surface area contributed by atoms with Gasteiger partial charge in [0.25, 0.3) is 0 Å². The molecule has 9 heteroatoms. The van der Waals surface area contributed by atoms with Crippen LogP contribution in [-0.2, 0) is 11.2 Å². The van der Waals surface area contributed by atoms with Crippen molar-refractivity contribution >= 4 is 34.5 Å². The number of amides is 1. The van der Waals surface area contributed by atoms with Crippen LogP contribution in [0.4, 0.5) is 13.2 Å². The maximum Gasteiger partial charge on any atom is 0.394 e. The van der Waals surface area contributed by atoms with Crippen LogP contribution in [0.2, 0.25) is 5.02 Å². The number of likely N-dealkylation sites (tertiary alicyclic amines) is 1. The second-order valence-electron chi connectivity index (χ2n) is 5.96. The van der Waals surface area contributed by atoms with E-state index in [0.29, 0.717) is 23.6 Å². The standard InChI is InChI=1S/C15H16ClF3N2O2.BrH/c16-10-1-2-12(22)14-9(10)3-4-20-11(14)7-21-6-8(5-13(21)23)15(17,18)19;/h1-2,8,11,20,22H,3-7H2;1H/t8?,11-;/m1./s1. The smallest absolute Gasteiger partial charge is 0.394 e. The number of nitrogens with zero attached hydrogens (tertiary/aromatic N) is 1. The van der Waals surface area contributed by atoms with Crippen molar-refractivity contribution in [2.45, 2.75) is 25.1 Å². The second kappa shape index (κ2) is 7.09. The van der Waals surface area contributed by atoms with Gasteiger partial charge in [-0.2, -0.15) is 13.2 Å². The summed E-state index contributed by atoms with van der Waals surface area (Å²) in [5.74, 6) is -2.09. The molecule has 0 saturated carbocycles. The molecule has 2 aliphatic rings. The number of fused-ring (bicyclic) bond motifs is 1. The van der Waals surface area contributed by atoms with Crippen LogP contribution in [0.5, 0.6) is 5.75 Å². The van der Waals surface area contributed by atoms with E-state index in [1.54, 1.807) is 6.07 Å². The number of phenolic OH excluding ortho intramolecular Hbond substituents is 1. The number of aromatic hydroxyl groups is 1. The largest absolute Gasteiger partial charge is 0.508 e. The second-order valence-corrected chi connectivity index (χ2v) is 6.36.